The Kier molecular flexibility index (Phi) is 4.32. The first-order valence-electron chi connectivity index (χ1n) is 5.46. The van der Waals surface area contributed by atoms with Crippen molar-refractivity contribution in [2.45, 2.75) is 6.61 Å². The van der Waals surface area contributed by atoms with Crippen LogP contribution in [0.5, 0.6) is 11.5 Å². The molecule has 20 heavy (non-hydrogen) atoms. The highest BCUT2D eigenvalue weighted by Gasteiger charge is 2.09. The van der Waals surface area contributed by atoms with Gasteiger partial charge in [0.05, 0.1) is 11.2 Å². The summed E-state index contributed by atoms with van der Waals surface area (Å²) >= 11 is 11.6. The van der Waals surface area contributed by atoms with Crippen LogP contribution in [0.4, 0.5) is 0 Å². The maximum atomic E-state index is 10.6. The van der Waals surface area contributed by atoms with Crippen molar-refractivity contribution in [1.82, 2.24) is 4.98 Å². The minimum atomic E-state index is -1.11. The molecule has 1 heterocycles. The standard InChI is InChI=1S/C13H9Cl2NO4/c14-8-3-7(12(17)10(15)4-8)6-20-9-1-2-11(13(18)19)16-5-9/h1-5,17H,6H2,(H,18,19). The van der Waals surface area contributed by atoms with Gasteiger partial charge in [-0.15, -0.1) is 0 Å². The molecule has 104 valence electrons. The van der Waals surface area contributed by atoms with Crippen LogP contribution in [0.3, 0.4) is 0 Å². The summed E-state index contributed by atoms with van der Waals surface area (Å²) < 4.78 is 5.38. The second-order valence-electron chi connectivity index (χ2n) is 3.87. The van der Waals surface area contributed by atoms with Gasteiger partial charge < -0.3 is 14.9 Å². The maximum Gasteiger partial charge on any atom is 0.354 e. The van der Waals surface area contributed by atoms with Gasteiger partial charge in [0.1, 0.15) is 23.8 Å². The highest BCUT2D eigenvalue weighted by molar-refractivity contribution is 6.35. The Bertz CT molecular complexity index is 644. The van der Waals surface area contributed by atoms with Gasteiger partial charge in [-0.05, 0) is 24.3 Å². The molecule has 0 aliphatic rings. The van der Waals surface area contributed by atoms with Crippen molar-refractivity contribution in [3.8, 4) is 11.5 Å². The fourth-order valence-electron chi connectivity index (χ4n) is 1.48. The zero-order valence-corrected chi connectivity index (χ0v) is 11.5. The van der Waals surface area contributed by atoms with E-state index in [2.05, 4.69) is 4.98 Å². The first-order chi connectivity index (χ1) is 9.47. The number of phenols is 1. The number of rotatable bonds is 4. The Hall–Kier alpha value is -1.98. The highest BCUT2D eigenvalue weighted by atomic mass is 35.5. The number of aromatic nitrogens is 1. The van der Waals surface area contributed by atoms with Crippen molar-refractivity contribution >= 4 is 29.2 Å². The third-order valence-electron chi connectivity index (χ3n) is 2.46. The third-order valence-corrected chi connectivity index (χ3v) is 2.96. The summed E-state index contributed by atoms with van der Waals surface area (Å²) in [6.45, 7) is 0.0280. The smallest absolute Gasteiger partial charge is 0.354 e. The molecular formula is C13H9Cl2NO4. The van der Waals surface area contributed by atoms with Crippen LogP contribution >= 0.6 is 23.2 Å². The van der Waals surface area contributed by atoms with E-state index in [1.807, 2.05) is 0 Å². The first kappa shape index (κ1) is 14.4. The van der Waals surface area contributed by atoms with Gasteiger partial charge in [0.15, 0.2) is 0 Å². The number of carbonyl (C=O) groups is 1. The second kappa shape index (κ2) is 5.98. The highest BCUT2D eigenvalue weighted by Crippen LogP contribution is 2.31. The van der Waals surface area contributed by atoms with Crippen molar-refractivity contribution in [2.24, 2.45) is 0 Å². The molecule has 2 N–H and O–H groups in total. The van der Waals surface area contributed by atoms with E-state index in [-0.39, 0.29) is 23.1 Å². The number of ether oxygens (including phenoxy) is 1. The van der Waals surface area contributed by atoms with Crippen molar-refractivity contribution in [3.63, 3.8) is 0 Å². The fraction of sp³-hybridized carbons (Fsp3) is 0.0769. The van der Waals surface area contributed by atoms with E-state index >= 15 is 0 Å². The molecule has 7 heteroatoms. The molecule has 2 aromatic rings. The Morgan fingerprint density at radius 1 is 1.30 bits per heavy atom. The number of nitrogens with zero attached hydrogens (tertiary/aromatic N) is 1. The summed E-state index contributed by atoms with van der Waals surface area (Å²) in [5.41, 5.74) is 0.343. The molecule has 0 aliphatic carbocycles. The van der Waals surface area contributed by atoms with Crippen LogP contribution < -0.4 is 4.74 Å². The van der Waals surface area contributed by atoms with Gasteiger partial charge in [-0.1, -0.05) is 23.2 Å². The first-order valence-corrected chi connectivity index (χ1v) is 6.22. The Morgan fingerprint density at radius 2 is 2.05 bits per heavy atom. The molecule has 0 radical (unpaired) electrons. The number of phenolic OH excluding ortho intramolecular Hbond substituents is 1. The van der Waals surface area contributed by atoms with Gasteiger partial charge in [0, 0.05) is 10.6 Å². The lowest BCUT2D eigenvalue weighted by molar-refractivity contribution is 0.0690. The minimum absolute atomic E-state index is 0.0280. The summed E-state index contributed by atoms with van der Waals surface area (Å²) in [6, 6.07) is 5.75. The number of halogens is 2. The van der Waals surface area contributed by atoms with Crippen LogP contribution in [-0.2, 0) is 6.61 Å². The van der Waals surface area contributed by atoms with Crippen LogP contribution in [0, 0.1) is 0 Å². The molecule has 0 spiro atoms. The minimum Gasteiger partial charge on any atom is -0.506 e. The van der Waals surface area contributed by atoms with Crippen LogP contribution in [-0.4, -0.2) is 21.2 Å². The van der Waals surface area contributed by atoms with Gasteiger partial charge in [0.25, 0.3) is 0 Å². The lowest BCUT2D eigenvalue weighted by Crippen LogP contribution is -2.01. The summed E-state index contributed by atoms with van der Waals surface area (Å²) in [4.78, 5) is 14.4. The summed E-state index contributed by atoms with van der Waals surface area (Å²) in [5.74, 6) is -0.854. The Morgan fingerprint density at radius 3 is 2.65 bits per heavy atom. The number of benzene rings is 1. The maximum absolute atomic E-state index is 10.6. The van der Waals surface area contributed by atoms with Crippen LogP contribution in [0.25, 0.3) is 0 Å². The molecule has 0 bridgehead atoms. The number of hydrogen-bond acceptors (Lipinski definition) is 4. The van der Waals surface area contributed by atoms with E-state index in [9.17, 15) is 9.90 Å². The molecule has 0 amide bonds. The van der Waals surface area contributed by atoms with Gasteiger partial charge in [0.2, 0.25) is 0 Å². The molecule has 0 saturated carbocycles. The molecule has 5 nitrogen and oxygen atoms in total. The average Bonchev–Trinajstić information content (AvgIpc) is 2.41. The molecule has 1 aromatic heterocycles. The average molecular weight is 314 g/mol. The van der Waals surface area contributed by atoms with E-state index in [1.165, 1.54) is 30.5 Å². The summed E-state index contributed by atoms with van der Waals surface area (Å²) in [5, 5.41) is 19.0. The molecular weight excluding hydrogens is 305 g/mol. The number of hydrogen-bond donors (Lipinski definition) is 2. The number of pyridine rings is 1. The Balaban J connectivity index is 2.11. The molecule has 0 saturated heterocycles. The zero-order chi connectivity index (χ0) is 14.7. The van der Waals surface area contributed by atoms with Gasteiger partial charge >= 0.3 is 5.97 Å². The largest absolute Gasteiger partial charge is 0.506 e. The topological polar surface area (TPSA) is 79.7 Å². The lowest BCUT2D eigenvalue weighted by Gasteiger charge is -2.09. The predicted molar refractivity (Wildman–Crippen MR) is 73.7 cm³/mol. The molecule has 0 atom stereocenters. The van der Waals surface area contributed by atoms with E-state index < -0.39 is 5.97 Å². The van der Waals surface area contributed by atoms with Crippen molar-refractivity contribution < 1.29 is 19.7 Å². The molecule has 0 fully saturated rings. The molecule has 2 rings (SSSR count). The van der Waals surface area contributed by atoms with Crippen molar-refractivity contribution in [3.05, 3.63) is 51.8 Å². The number of carboxylic acids is 1. The van der Waals surface area contributed by atoms with Gasteiger partial charge in [-0.2, -0.15) is 0 Å². The molecule has 0 aliphatic heterocycles. The SMILES string of the molecule is O=C(O)c1ccc(OCc2cc(Cl)cc(Cl)c2O)cn1. The molecule has 1 aromatic carbocycles. The zero-order valence-electron chi connectivity index (χ0n) is 10.0. The predicted octanol–water partition coefficient (Wildman–Crippen LogP) is 3.37. The van der Waals surface area contributed by atoms with Crippen molar-refractivity contribution in [2.75, 3.05) is 0 Å². The summed E-state index contributed by atoms with van der Waals surface area (Å²) in [6.07, 6.45) is 1.28. The molecule has 0 unspecified atom stereocenters. The number of aromatic carboxylic acids is 1. The lowest BCUT2D eigenvalue weighted by atomic mass is 10.2. The Labute approximate surface area is 124 Å². The quantitative estimate of drug-likeness (QED) is 0.904. The number of carboxylic acid groups (broad SMARTS) is 1. The van der Waals surface area contributed by atoms with E-state index in [4.69, 9.17) is 33.0 Å². The summed E-state index contributed by atoms with van der Waals surface area (Å²) in [7, 11) is 0. The number of aromatic hydroxyl groups is 1. The normalized spacial score (nSPS) is 10.3. The third kappa shape index (κ3) is 3.31. The van der Waals surface area contributed by atoms with E-state index in [0.29, 0.717) is 16.3 Å². The van der Waals surface area contributed by atoms with Crippen LogP contribution in [0.15, 0.2) is 30.5 Å². The van der Waals surface area contributed by atoms with E-state index in [1.54, 1.807) is 0 Å². The van der Waals surface area contributed by atoms with Gasteiger partial charge in [-0.3, -0.25) is 0 Å². The fourth-order valence-corrected chi connectivity index (χ4v) is 2.02. The second-order valence-corrected chi connectivity index (χ2v) is 4.71. The van der Waals surface area contributed by atoms with E-state index in [0.717, 1.165) is 0 Å². The van der Waals surface area contributed by atoms with Crippen LogP contribution in [0.1, 0.15) is 16.1 Å². The van der Waals surface area contributed by atoms with Crippen molar-refractivity contribution in [1.29, 1.82) is 0 Å². The van der Waals surface area contributed by atoms with Crippen LogP contribution in [0.2, 0.25) is 10.0 Å². The monoisotopic (exact) mass is 313 g/mol. The van der Waals surface area contributed by atoms with Gasteiger partial charge in [-0.25, -0.2) is 9.78 Å².